The Bertz CT molecular complexity index is 879. The molecule has 162 valence electrons. The molecule has 2 saturated heterocycles. The summed E-state index contributed by atoms with van der Waals surface area (Å²) in [6, 6.07) is 3.80. The molecule has 0 bridgehead atoms. The van der Waals surface area contributed by atoms with Gasteiger partial charge in [-0.25, -0.2) is 9.78 Å². The molecule has 1 amide bonds. The van der Waals surface area contributed by atoms with Crippen molar-refractivity contribution < 1.29 is 18.0 Å². The van der Waals surface area contributed by atoms with Crippen LogP contribution in [0.2, 0.25) is 0 Å². The zero-order valence-corrected chi connectivity index (χ0v) is 16.8. The highest BCUT2D eigenvalue weighted by molar-refractivity contribution is 5.76. The molecule has 0 saturated carbocycles. The molecule has 2 aromatic rings. The van der Waals surface area contributed by atoms with Gasteiger partial charge in [-0.15, -0.1) is 0 Å². The fraction of sp³-hybridized carbons (Fsp3) is 0.550. The van der Waals surface area contributed by atoms with Crippen LogP contribution in [0, 0.1) is 0 Å². The zero-order chi connectivity index (χ0) is 21.3. The van der Waals surface area contributed by atoms with Crippen molar-refractivity contribution in [2.24, 2.45) is 0 Å². The Balaban J connectivity index is 1.48. The number of alkyl halides is 3. The third-order valence-corrected chi connectivity index (χ3v) is 5.83. The Morgan fingerprint density at radius 3 is 2.57 bits per heavy atom. The van der Waals surface area contributed by atoms with Crippen LogP contribution < -0.4 is 4.90 Å². The van der Waals surface area contributed by atoms with E-state index in [1.165, 1.54) is 29.5 Å². The normalized spacial score (nSPS) is 20.7. The van der Waals surface area contributed by atoms with Gasteiger partial charge in [0.2, 0.25) is 0 Å². The fourth-order valence-electron chi connectivity index (χ4n) is 4.27. The van der Waals surface area contributed by atoms with Gasteiger partial charge in [0, 0.05) is 51.0 Å². The van der Waals surface area contributed by atoms with E-state index < -0.39 is 11.7 Å². The summed E-state index contributed by atoms with van der Waals surface area (Å²) in [6.07, 6.45) is 0.343. The summed E-state index contributed by atoms with van der Waals surface area (Å²) in [6.45, 7) is 5.90. The fourth-order valence-corrected chi connectivity index (χ4v) is 4.27. The highest BCUT2D eigenvalue weighted by Gasteiger charge is 2.33. The second-order valence-electron chi connectivity index (χ2n) is 7.94. The van der Waals surface area contributed by atoms with Crippen molar-refractivity contribution in [1.29, 1.82) is 0 Å². The Labute approximate surface area is 173 Å². The van der Waals surface area contributed by atoms with Crippen molar-refractivity contribution in [2.45, 2.75) is 38.5 Å². The van der Waals surface area contributed by atoms with E-state index in [0.717, 1.165) is 31.5 Å². The summed E-state index contributed by atoms with van der Waals surface area (Å²) in [4.78, 5) is 22.4. The number of nitrogens with zero attached hydrogens (tertiary/aromatic N) is 6. The van der Waals surface area contributed by atoms with Crippen LogP contribution in [0.4, 0.5) is 23.7 Å². The highest BCUT2D eigenvalue weighted by atomic mass is 19.4. The lowest BCUT2D eigenvalue weighted by Crippen LogP contribution is -2.54. The third kappa shape index (κ3) is 4.28. The van der Waals surface area contributed by atoms with Crippen molar-refractivity contribution in [1.82, 2.24) is 24.6 Å². The summed E-state index contributed by atoms with van der Waals surface area (Å²) in [5.41, 5.74) is 0.967. The molecule has 0 spiro atoms. The third-order valence-electron chi connectivity index (χ3n) is 5.83. The zero-order valence-electron chi connectivity index (χ0n) is 16.8. The van der Waals surface area contributed by atoms with Crippen LogP contribution >= 0.6 is 0 Å². The summed E-state index contributed by atoms with van der Waals surface area (Å²) in [7, 11) is 0. The molecule has 0 N–H and O–H groups in total. The predicted molar refractivity (Wildman–Crippen MR) is 105 cm³/mol. The maximum Gasteiger partial charge on any atom is 0.416 e. The van der Waals surface area contributed by atoms with Crippen LogP contribution in [0.1, 0.15) is 30.9 Å². The molecule has 1 atom stereocenters. The van der Waals surface area contributed by atoms with Gasteiger partial charge in [-0.2, -0.15) is 23.0 Å². The number of hydrogen-bond donors (Lipinski definition) is 0. The molecule has 1 aromatic carbocycles. The van der Waals surface area contributed by atoms with Gasteiger partial charge in [-0.3, -0.25) is 4.90 Å². The van der Waals surface area contributed by atoms with Gasteiger partial charge in [-0.1, -0.05) is 6.07 Å². The van der Waals surface area contributed by atoms with Crippen molar-refractivity contribution in [3.05, 3.63) is 42.0 Å². The smallest absolute Gasteiger partial charge is 0.371 e. The summed E-state index contributed by atoms with van der Waals surface area (Å²) >= 11 is 0. The Kier molecular flexibility index (Phi) is 5.68. The van der Waals surface area contributed by atoms with E-state index in [-0.39, 0.29) is 12.1 Å². The van der Waals surface area contributed by atoms with Crippen molar-refractivity contribution >= 4 is 11.7 Å². The minimum atomic E-state index is -4.35. The first-order valence-electron chi connectivity index (χ1n) is 10.2. The number of anilines is 1. The van der Waals surface area contributed by atoms with Crippen LogP contribution in [0.5, 0.6) is 0 Å². The van der Waals surface area contributed by atoms with Crippen LogP contribution in [0.25, 0.3) is 0 Å². The minimum Gasteiger partial charge on any atom is -0.371 e. The van der Waals surface area contributed by atoms with Gasteiger partial charge in [0.1, 0.15) is 12.7 Å². The first-order valence-corrected chi connectivity index (χ1v) is 10.2. The van der Waals surface area contributed by atoms with Gasteiger partial charge in [0.05, 0.1) is 5.56 Å². The lowest BCUT2D eigenvalue weighted by molar-refractivity contribution is -0.137. The second-order valence-corrected chi connectivity index (χ2v) is 7.94. The maximum atomic E-state index is 13.3. The molecule has 0 aliphatic carbocycles. The molecular weight excluding hydrogens is 397 g/mol. The maximum absolute atomic E-state index is 13.3. The van der Waals surface area contributed by atoms with E-state index in [0.29, 0.717) is 31.9 Å². The van der Waals surface area contributed by atoms with Gasteiger partial charge < -0.3 is 9.80 Å². The monoisotopic (exact) mass is 422 g/mol. The molecule has 1 aromatic heterocycles. The first-order chi connectivity index (χ1) is 14.3. The largest absolute Gasteiger partial charge is 0.416 e. The molecular formula is C20H25F3N6O. The van der Waals surface area contributed by atoms with E-state index in [2.05, 4.69) is 19.9 Å². The van der Waals surface area contributed by atoms with Crippen molar-refractivity contribution in [3.8, 4) is 0 Å². The molecule has 1 unspecified atom stereocenters. The molecule has 2 fully saturated rings. The summed E-state index contributed by atoms with van der Waals surface area (Å²) in [5.74, 6) is 0. The quantitative estimate of drug-likeness (QED) is 0.761. The number of benzene rings is 1. The number of carbonyl (C=O) groups is 1. The van der Waals surface area contributed by atoms with Crippen LogP contribution in [-0.4, -0.2) is 69.4 Å². The van der Waals surface area contributed by atoms with Crippen LogP contribution in [0.3, 0.4) is 0 Å². The van der Waals surface area contributed by atoms with Gasteiger partial charge in [-0.05, 0) is 37.5 Å². The predicted octanol–water partition coefficient (Wildman–Crippen LogP) is 3.07. The molecule has 4 rings (SSSR count). The molecule has 3 heterocycles. The Morgan fingerprint density at radius 1 is 1.17 bits per heavy atom. The number of piperazine rings is 1. The standard InChI is InChI=1S/C20H25F3N6O/c1-15-11-26(8-9-28(15)19(30)29-14-24-13-25-29)12-16-4-5-17(20(21,22)23)10-18(16)27-6-2-3-7-27/h4-5,10,13-15H,2-3,6-9,11-12H2,1H3. The number of amides is 1. The Morgan fingerprint density at radius 2 is 1.93 bits per heavy atom. The second kappa shape index (κ2) is 8.25. The Hall–Kier alpha value is -2.62. The number of aromatic nitrogens is 3. The molecule has 7 nitrogen and oxygen atoms in total. The van der Waals surface area contributed by atoms with E-state index >= 15 is 0 Å². The molecule has 2 aliphatic heterocycles. The number of halogens is 3. The number of carbonyl (C=O) groups excluding carboxylic acids is 1. The molecule has 30 heavy (non-hydrogen) atoms. The van der Waals surface area contributed by atoms with Gasteiger partial charge in [0.25, 0.3) is 0 Å². The lowest BCUT2D eigenvalue weighted by atomic mass is 10.1. The van der Waals surface area contributed by atoms with Crippen LogP contribution in [-0.2, 0) is 12.7 Å². The average molecular weight is 422 g/mol. The van der Waals surface area contributed by atoms with E-state index in [1.54, 1.807) is 11.0 Å². The topological polar surface area (TPSA) is 57.5 Å². The molecule has 2 aliphatic rings. The highest BCUT2D eigenvalue weighted by Crippen LogP contribution is 2.35. The van der Waals surface area contributed by atoms with Crippen molar-refractivity contribution in [3.63, 3.8) is 0 Å². The van der Waals surface area contributed by atoms with E-state index in [4.69, 9.17) is 0 Å². The van der Waals surface area contributed by atoms with Crippen molar-refractivity contribution in [2.75, 3.05) is 37.6 Å². The first kappa shape index (κ1) is 20.6. The van der Waals surface area contributed by atoms with E-state index in [9.17, 15) is 18.0 Å². The van der Waals surface area contributed by atoms with Gasteiger partial charge in [0.15, 0.2) is 0 Å². The summed E-state index contributed by atoms with van der Waals surface area (Å²) in [5, 5.41) is 3.90. The number of rotatable bonds is 3. The molecule has 10 heteroatoms. The van der Waals surface area contributed by atoms with Gasteiger partial charge >= 0.3 is 12.2 Å². The average Bonchev–Trinajstić information content (AvgIpc) is 3.41. The minimum absolute atomic E-state index is 0.0415. The lowest BCUT2D eigenvalue weighted by Gasteiger charge is -2.40. The molecule has 0 radical (unpaired) electrons. The van der Waals surface area contributed by atoms with E-state index in [1.807, 2.05) is 6.92 Å². The SMILES string of the molecule is CC1CN(Cc2ccc(C(F)(F)F)cc2N2CCCC2)CCN1C(=O)n1cncn1. The summed E-state index contributed by atoms with van der Waals surface area (Å²) < 4.78 is 41.0. The van der Waals surface area contributed by atoms with Crippen LogP contribution in [0.15, 0.2) is 30.9 Å². The number of hydrogen-bond acceptors (Lipinski definition) is 5.